The Hall–Kier alpha value is -3.54. The van der Waals surface area contributed by atoms with E-state index in [0.717, 1.165) is 6.07 Å². The molecule has 14 heteroatoms. The van der Waals surface area contributed by atoms with Gasteiger partial charge in [0.25, 0.3) is 17.3 Å². The first-order valence-electron chi connectivity index (χ1n) is 10.7. The van der Waals surface area contributed by atoms with Gasteiger partial charge in [-0.3, -0.25) is 29.8 Å². The zero-order chi connectivity index (χ0) is 28.1. The highest BCUT2D eigenvalue weighted by Gasteiger charge is 2.28. The lowest BCUT2D eigenvalue weighted by molar-refractivity contribution is -0.385. The van der Waals surface area contributed by atoms with E-state index in [0.29, 0.717) is 31.4 Å². The van der Waals surface area contributed by atoms with E-state index in [1.54, 1.807) is 22.6 Å². The molecule has 11 nitrogen and oxygen atoms in total. The van der Waals surface area contributed by atoms with E-state index in [-0.39, 0.29) is 40.6 Å². The number of amides is 1. The predicted octanol–water partition coefficient (Wildman–Crippen LogP) is 5.86. The van der Waals surface area contributed by atoms with Crippen molar-refractivity contribution in [2.24, 2.45) is 0 Å². The minimum atomic E-state index is -1.08. The van der Waals surface area contributed by atoms with Gasteiger partial charge in [-0.1, -0.05) is 0 Å². The van der Waals surface area contributed by atoms with Gasteiger partial charge in [-0.2, -0.15) is 0 Å². The number of fused-ring (bicyclic) bond motifs is 1. The Labute approximate surface area is 241 Å². The fourth-order valence-electron chi connectivity index (χ4n) is 3.56. The summed E-state index contributed by atoms with van der Waals surface area (Å²) in [4.78, 5) is 57.1. The number of carbonyl (C=O) groups excluding carboxylic acids is 2. The molecule has 0 unspecified atom stereocenters. The van der Waals surface area contributed by atoms with Crippen LogP contribution in [0.1, 0.15) is 43.9 Å². The Bertz CT molecular complexity index is 1480. The number of nitro benzene ring substituents is 2. The van der Waals surface area contributed by atoms with Gasteiger partial charge in [0.05, 0.1) is 26.7 Å². The molecular weight excluding hydrogens is 731 g/mol. The molecule has 1 heterocycles. The van der Waals surface area contributed by atoms with Crippen molar-refractivity contribution in [1.29, 1.82) is 0 Å². The van der Waals surface area contributed by atoms with Crippen LogP contribution >= 0.6 is 45.2 Å². The number of hydrogen-bond donors (Lipinski definition) is 1. The summed E-state index contributed by atoms with van der Waals surface area (Å²) in [6, 6.07) is 11.4. The van der Waals surface area contributed by atoms with Gasteiger partial charge in [0.1, 0.15) is 5.82 Å². The summed E-state index contributed by atoms with van der Waals surface area (Å²) in [6.07, 6.45) is 0.696. The number of rotatable bonds is 4. The second-order valence-electron chi connectivity index (χ2n) is 7.79. The van der Waals surface area contributed by atoms with Gasteiger partial charge in [0.15, 0.2) is 5.78 Å². The number of carboxylic acids is 1. The molecule has 0 aromatic heterocycles. The number of hydrogen-bond acceptors (Lipinski definition) is 7. The van der Waals surface area contributed by atoms with Gasteiger partial charge in [-0.15, -0.1) is 0 Å². The standard InChI is InChI=1S/C17H12FIN2O4.C7H4INO4/c18-10-3-6-15-13(8-10)16(22)2-1-7-20(15)17(23)12-5-4-11(21(24)25)9-14(12)19;8-6-3-4(9(12)13)1-2-5(6)7(10)11/h3-6,8-9H,1-2,7H2;1-3H,(H,10,11). The Morgan fingerprint density at radius 1 is 0.895 bits per heavy atom. The first-order valence-corrected chi connectivity index (χ1v) is 12.8. The van der Waals surface area contributed by atoms with E-state index in [4.69, 9.17) is 5.11 Å². The second kappa shape index (κ2) is 12.3. The molecule has 196 valence electrons. The number of nitro groups is 2. The Morgan fingerprint density at radius 3 is 1.95 bits per heavy atom. The smallest absolute Gasteiger partial charge is 0.336 e. The molecule has 3 aromatic carbocycles. The van der Waals surface area contributed by atoms with Crippen molar-refractivity contribution in [3.05, 3.63) is 104 Å². The molecule has 0 aliphatic carbocycles. The predicted molar refractivity (Wildman–Crippen MR) is 150 cm³/mol. The number of carboxylic acid groups (broad SMARTS) is 1. The summed E-state index contributed by atoms with van der Waals surface area (Å²) in [5.41, 5.74) is 0.719. The highest BCUT2D eigenvalue weighted by molar-refractivity contribution is 14.1. The molecule has 1 aliphatic heterocycles. The highest BCUT2D eigenvalue weighted by Crippen LogP contribution is 2.30. The molecule has 0 fully saturated rings. The summed E-state index contributed by atoms with van der Waals surface area (Å²) in [6.45, 7) is 0.316. The molecule has 3 aromatic rings. The van der Waals surface area contributed by atoms with Crippen molar-refractivity contribution in [2.45, 2.75) is 12.8 Å². The van der Waals surface area contributed by atoms with Gasteiger partial charge < -0.3 is 10.0 Å². The fraction of sp³-hybridized carbons (Fsp3) is 0.125. The summed E-state index contributed by atoms with van der Waals surface area (Å²) >= 11 is 3.62. The fourth-order valence-corrected chi connectivity index (χ4v) is 5.02. The summed E-state index contributed by atoms with van der Waals surface area (Å²) in [5, 5.41) is 29.8. The van der Waals surface area contributed by atoms with Crippen molar-refractivity contribution in [3.63, 3.8) is 0 Å². The number of halogens is 3. The second-order valence-corrected chi connectivity index (χ2v) is 10.1. The zero-order valence-corrected chi connectivity index (χ0v) is 23.4. The highest BCUT2D eigenvalue weighted by atomic mass is 127. The Balaban J connectivity index is 0.000000260. The van der Waals surface area contributed by atoms with Crippen LogP contribution in [0.2, 0.25) is 0 Å². The van der Waals surface area contributed by atoms with Gasteiger partial charge >= 0.3 is 5.97 Å². The number of aromatic carboxylic acids is 1. The van der Waals surface area contributed by atoms with Gasteiger partial charge in [-0.25, -0.2) is 9.18 Å². The molecule has 0 spiro atoms. The van der Waals surface area contributed by atoms with Crippen molar-refractivity contribution >= 4 is 79.9 Å². The van der Waals surface area contributed by atoms with Crippen LogP contribution in [-0.2, 0) is 0 Å². The maximum atomic E-state index is 13.5. The molecule has 4 rings (SSSR count). The zero-order valence-electron chi connectivity index (χ0n) is 19.1. The lowest BCUT2D eigenvalue weighted by atomic mass is 10.1. The number of benzene rings is 3. The number of nitrogens with zero attached hydrogens (tertiary/aromatic N) is 3. The van der Waals surface area contributed by atoms with E-state index >= 15 is 0 Å². The quantitative estimate of drug-likeness (QED) is 0.197. The monoisotopic (exact) mass is 747 g/mol. The van der Waals surface area contributed by atoms with Crippen molar-refractivity contribution in [2.75, 3.05) is 11.4 Å². The van der Waals surface area contributed by atoms with Crippen molar-refractivity contribution in [3.8, 4) is 0 Å². The van der Waals surface area contributed by atoms with E-state index in [1.807, 2.05) is 22.6 Å². The van der Waals surface area contributed by atoms with Crippen LogP contribution in [0.3, 0.4) is 0 Å². The first-order chi connectivity index (χ1) is 17.9. The third kappa shape index (κ3) is 6.66. The molecule has 38 heavy (non-hydrogen) atoms. The Kier molecular flexibility index (Phi) is 9.42. The average molecular weight is 747 g/mol. The number of anilines is 1. The van der Waals surface area contributed by atoms with Crippen LogP contribution in [0.5, 0.6) is 0 Å². The van der Waals surface area contributed by atoms with Crippen LogP contribution in [-0.4, -0.2) is 39.2 Å². The van der Waals surface area contributed by atoms with Gasteiger partial charge in [0.2, 0.25) is 0 Å². The number of carbonyl (C=O) groups is 3. The Morgan fingerprint density at radius 2 is 1.45 bits per heavy atom. The maximum absolute atomic E-state index is 13.5. The molecular formula is C24H16FI2N3O8. The number of non-ortho nitro benzene ring substituents is 2. The molecule has 0 atom stereocenters. The van der Waals surface area contributed by atoms with Crippen molar-refractivity contribution in [1.82, 2.24) is 0 Å². The van der Waals surface area contributed by atoms with Crippen molar-refractivity contribution < 1.29 is 33.7 Å². The maximum Gasteiger partial charge on any atom is 0.336 e. The van der Waals surface area contributed by atoms with Crippen LogP contribution in [0.25, 0.3) is 0 Å². The van der Waals surface area contributed by atoms with E-state index in [9.17, 15) is 39.0 Å². The lowest BCUT2D eigenvalue weighted by Crippen LogP contribution is -2.32. The third-order valence-electron chi connectivity index (χ3n) is 5.37. The first kappa shape index (κ1) is 29.0. The van der Waals surface area contributed by atoms with Crippen LogP contribution in [0, 0.1) is 33.2 Å². The number of Topliss-reactive ketones (excluding diaryl/α,β-unsaturated/α-hetero) is 1. The largest absolute Gasteiger partial charge is 0.478 e. The van der Waals surface area contributed by atoms with E-state index < -0.39 is 21.6 Å². The summed E-state index contributed by atoms with van der Waals surface area (Å²) < 4.78 is 14.3. The van der Waals surface area contributed by atoms with Crippen LogP contribution in [0.15, 0.2) is 54.6 Å². The molecule has 0 bridgehead atoms. The third-order valence-corrected chi connectivity index (χ3v) is 7.15. The average Bonchev–Trinajstić information content (AvgIpc) is 3.02. The van der Waals surface area contributed by atoms with E-state index in [2.05, 4.69) is 0 Å². The topological polar surface area (TPSA) is 161 Å². The van der Waals surface area contributed by atoms with Crippen LogP contribution in [0.4, 0.5) is 21.5 Å². The molecule has 1 aliphatic rings. The number of ketones is 1. The molecule has 0 saturated heterocycles. The SMILES string of the molecule is O=C(O)c1ccc([N+](=O)[O-])cc1I.O=C1CCCN(C(=O)c2ccc([N+](=O)[O-])cc2I)c2ccc(F)cc21. The molecule has 1 N–H and O–H groups in total. The summed E-state index contributed by atoms with van der Waals surface area (Å²) in [7, 11) is 0. The molecule has 0 radical (unpaired) electrons. The molecule has 0 saturated carbocycles. The molecule has 1 amide bonds. The van der Waals surface area contributed by atoms with E-state index in [1.165, 1.54) is 53.4 Å². The minimum Gasteiger partial charge on any atom is -0.478 e. The van der Waals surface area contributed by atoms with Crippen LogP contribution < -0.4 is 4.90 Å². The van der Waals surface area contributed by atoms with Gasteiger partial charge in [-0.05, 0) is 81.9 Å². The normalized spacial score (nSPS) is 12.5. The summed E-state index contributed by atoms with van der Waals surface area (Å²) in [5.74, 6) is -2.20. The van der Waals surface area contributed by atoms with Gasteiger partial charge in [0, 0.05) is 49.9 Å². The minimum absolute atomic E-state index is 0.0752. The lowest BCUT2D eigenvalue weighted by Gasteiger charge is -2.23.